The number of hydrogen-bond acceptors (Lipinski definition) is 8. The van der Waals surface area contributed by atoms with Gasteiger partial charge in [-0.25, -0.2) is 20.8 Å². The molecule has 1 aliphatic carbocycles. The van der Waals surface area contributed by atoms with Crippen molar-refractivity contribution < 1.29 is 15.3 Å². The molecule has 2 heterocycles. The van der Waals surface area contributed by atoms with Gasteiger partial charge in [-0.2, -0.15) is 0 Å². The molecule has 28 heavy (non-hydrogen) atoms. The summed E-state index contributed by atoms with van der Waals surface area (Å²) in [5, 5.41) is 33.9. The first-order valence-corrected chi connectivity index (χ1v) is 9.22. The average Bonchev–Trinajstić information content (AvgIpc) is 3.23. The number of nitrogens with zero attached hydrogens (tertiary/aromatic N) is 5. The van der Waals surface area contributed by atoms with E-state index in [0.717, 1.165) is 0 Å². The lowest BCUT2D eigenvalue weighted by molar-refractivity contribution is -0.0264. The Morgan fingerprint density at radius 2 is 1.89 bits per heavy atom. The van der Waals surface area contributed by atoms with Crippen molar-refractivity contribution >= 4 is 28.6 Å². The monoisotopic (exact) mass is 404 g/mol. The van der Waals surface area contributed by atoms with Gasteiger partial charge in [-0.3, -0.25) is 5.01 Å². The Morgan fingerprint density at radius 3 is 2.57 bits per heavy atom. The lowest BCUT2D eigenvalue weighted by atomic mass is 9.92. The minimum Gasteiger partial charge on any atom is -0.390 e. The second-order valence-corrected chi connectivity index (χ2v) is 7.51. The fourth-order valence-electron chi connectivity index (χ4n) is 3.88. The molecular formula is C18H21ClN6O3. The van der Waals surface area contributed by atoms with Crippen molar-refractivity contribution in [3.05, 3.63) is 47.5 Å². The first-order valence-electron chi connectivity index (χ1n) is 8.84. The summed E-state index contributed by atoms with van der Waals surface area (Å²) >= 11 is 5.90. The minimum absolute atomic E-state index is 0.343. The van der Waals surface area contributed by atoms with Crippen molar-refractivity contribution in [2.75, 3.05) is 12.1 Å². The van der Waals surface area contributed by atoms with Crippen LogP contribution < -0.4 is 10.9 Å². The van der Waals surface area contributed by atoms with Crippen LogP contribution in [-0.2, 0) is 0 Å². The van der Waals surface area contributed by atoms with E-state index in [4.69, 9.17) is 17.4 Å². The molecule has 148 valence electrons. The fourth-order valence-corrected chi connectivity index (χ4v) is 4.01. The predicted molar refractivity (Wildman–Crippen MR) is 103 cm³/mol. The van der Waals surface area contributed by atoms with Crippen LogP contribution in [0.15, 0.2) is 36.9 Å². The molecule has 3 aromatic rings. The smallest absolute Gasteiger partial charge is 0.174 e. The van der Waals surface area contributed by atoms with Gasteiger partial charge in [0.1, 0.15) is 12.4 Å². The Balaban J connectivity index is 1.66. The summed E-state index contributed by atoms with van der Waals surface area (Å²) in [4.78, 5) is 12.7. The van der Waals surface area contributed by atoms with E-state index in [0.29, 0.717) is 34.0 Å². The van der Waals surface area contributed by atoms with E-state index < -0.39 is 30.3 Å². The number of benzene rings is 1. The zero-order valence-electron chi connectivity index (χ0n) is 15.1. The molecule has 0 spiro atoms. The number of aromatic nitrogens is 4. The summed E-state index contributed by atoms with van der Waals surface area (Å²) < 4.78 is 1.70. The molecule has 0 saturated heterocycles. The van der Waals surface area contributed by atoms with Gasteiger partial charge in [0.2, 0.25) is 0 Å². The van der Waals surface area contributed by atoms with E-state index in [1.54, 1.807) is 42.2 Å². The zero-order chi connectivity index (χ0) is 20.0. The zero-order valence-corrected chi connectivity index (χ0v) is 15.8. The van der Waals surface area contributed by atoms with Crippen LogP contribution in [0.3, 0.4) is 0 Å². The largest absolute Gasteiger partial charge is 0.390 e. The highest BCUT2D eigenvalue weighted by molar-refractivity contribution is 6.30. The van der Waals surface area contributed by atoms with Gasteiger partial charge in [0.15, 0.2) is 17.0 Å². The topological polar surface area (TPSA) is 134 Å². The summed E-state index contributed by atoms with van der Waals surface area (Å²) in [6.45, 7) is 0. The van der Waals surface area contributed by atoms with Crippen LogP contribution in [-0.4, -0.2) is 54.1 Å². The average molecular weight is 405 g/mol. The van der Waals surface area contributed by atoms with Crippen molar-refractivity contribution in [3.63, 3.8) is 0 Å². The number of imidazole rings is 1. The molecule has 0 radical (unpaired) electrons. The third-order valence-electron chi connectivity index (χ3n) is 5.34. The summed E-state index contributed by atoms with van der Waals surface area (Å²) in [7, 11) is 1.65. The number of fused-ring (bicyclic) bond motifs is 1. The summed E-state index contributed by atoms with van der Waals surface area (Å²) in [5.41, 5.74) is 1.63. The minimum atomic E-state index is -1.10. The first kappa shape index (κ1) is 19.0. The Morgan fingerprint density at radius 1 is 1.18 bits per heavy atom. The van der Waals surface area contributed by atoms with Crippen molar-refractivity contribution in [2.45, 2.75) is 30.8 Å². The third-order valence-corrected chi connectivity index (χ3v) is 5.60. The molecule has 9 nitrogen and oxygen atoms in total. The molecule has 0 unspecified atom stereocenters. The maximum atomic E-state index is 10.8. The highest BCUT2D eigenvalue weighted by atomic mass is 35.5. The van der Waals surface area contributed by atoms with Gasteiger partial charge >= 0.3 is 0 Å². The van der Waals surface area contributed by atoms with Crippen LogP contribution in [0.1, 0.15) is 24.1 Å². The highest BCUT2D eigenvalue weighted by Crippen LogP contribution is 2.43. The third kappa shape index (κ3) is 3.11. The van der Waals surface area contributed by atoms with Gasteiger partial charge in [-0.1, -0.05) is 23.7 Å². The van der Waals surface area contributed by atoms with Crippen LogP contribution >= 0.6 is 11.6 Å². The first-order chi connectivity index (χ1) is 13.4. The molecule has 5 atom stereocenters. The molecule has 1 aliphatic rings. The quantitative estimate of drug-likeness (QED) is 0.370. The van der Waals surface area contributed by atoms with Gasteiger partial charge in [-0.15, -0.1) is 0 Å². The molecule has 0 bridgehead atoms. The summed E-state index contributed by atoms with van der Waals surface area (Å²) in [5.74, 6) is 5.69. The molecule has 1 fully saturated rings. The van der Waals surface area contributed by atoms with Gasteiger partial charge in [-0.05, 0) is 24.1 Å². The molecule has 0 aliphatic heterocycles. The van der Waals surface area contributed by atoms with E-state index in [2.05, 4.69) is 15.0 Å². The van der Waals surface area contributed by atoms with E-state index in [9.17, 15) is 15.3 Å². The molecule has 0 amide bonds. The maximum absolute atomic E-state index is 10.8. The van der Waals surface area contributed by atoms with Gasteiger partial charge in [0.05, 0.1) is 24.6 Å². The second-order valence-electron chi connectivity index (χ2n) is 7.08. The number of anilines is 1. The van der Waals surface area contributed by atoms with Crippen molar-refractivity contribution in [3.8, 4) is 0 Å². The number of aliphatic hydroxyl groups excluding tert-OH is 3. The summed E-state index contributed by atoms with van der Waals surface area (Å²) in [6, 6.07) is 6.28. The number of nitrogens with two attached hydrogens (primary N) is 1. The van der Waals surface area contributed by atoms with Gasteiger partial charge in [0, 0.05) is 18.0 Å². The number of rotatable bonds is 4. The molecule has 1 aromatic carbocycles. The molecule has 10 heteroatoms. The highest BCUT2D eigenvalue weighted by Gasteiger charge is 2.46. The van der Waals surface area contributed by atoms with E-state index in [1.807, 2.05) is 0 Å². The van der Waals surface area contributed by atoms with E-state index in [-0.39, 0.29) is 0 Å². The SMILES string of the molecule is CN(N)c1ncnc2c1ncn2[C@@H]1C[C@H]([C@H](O)c2ccc(Cl)cc2)[C@@H](O)[C@H]1O. The standard InChI is InChI=1S/C18H21ClN6O3/c1-24(20)17-13-18(22-7-21-17)25(8-23-13)12-6-11(15(27)16(12)28)14(26)9-2-4-10(19)5-3-9/h2-5,7-8,11-12,14-16,26-28H,6,20H2,1H3/t11-,12-,14-,15-,16+/m1/s1. The van der Waals surface area contributed by atoms with Gasteiger partial charge in [0.25, 0.3) is 0 Å². The molecule has 5 N–H and O–H groups in total. The predicted octanol–water partition coefficient (Wildman–Crippen LogP) is 0.806. The fraction of sp³-hybridized carbons (Fsp3) is 0.389. The van der Waals surface area contributed by atoms with E-state index in [1.165, 1.54) is 11.3 Å². The normalized spacial score (nSPS) is 25.9. The number of hydrazine groups is 1. The Labute approximate surface area is 166 Å². The van der Waals surface area contributed by atoms with Gasteiger partial charge < -0.3 is 19.9 Å². The summed E-state index contributed by atoms with van der Waals surface area (Å²) in [6.07, 6.45) is 0.128. The van der Waals surface area contributed by atoms with Crippen LogP contribution in [0.5, 0.6) is 0 Å². The maximum Gasteiger partial charge on any atom is 0.174 e. The van der Waals surface area contributed by atoms with Crippen LogP contribution in [0.2, 0.25) is 5.02 Å². The van der Waals surface area contributed by atoms with Crippen molar-refractivity contribution in [1.29, 1.82) is 0 Å². The Kier molecular flexibility index (Phi) is 4.94. The van der Waals surface area contributed by atoms with Crippen LogP contribution in [0.4, 0.5) is 5.82 Å². The van der Waals surface area contributed by atoms with Crippen molar-refractivity contribution in [1.82, 2.24) is 19.5 Å². The lowest BCUT2D eigenvalue weighted by Gasteiger charge is -2.22. The van der Waals surface area contributed by atoms with Crippen LogP contribution in [0.25, 0.3) is 11.2 Å². The van der Waals surface area contributed by atoms with Crippen molar-refractivity contribution in [2.24, 2.45) is 11.8 Å². The molecule has 2 aromatic heterocycles. The van der Waals surface area contributed by atoms with E-state index >= 15 is 0 Å². The molecule has 4 rings (SSSR count). The molecule has 1 saturated carbocycles. The Hall–Kier alpha value is -2.30. The number of aliphatic hydroxyl groups is 3. The second kappa shape index (κ2) is 7.26. The molecular weight excluding hydrogens is 384 g/mol. The number of hydrogen-bond donors (Lipinski definition) is 4. The number of halogens is 1. The lowest BCUT2D eigenvalue weighted by Crippen LogP contribution is -2.31. The Bertz CT molecular complexity index is 979. The van der Waals surface area contributed by atoms with Crippen LogP contribution in [0, 0.1) is 5.92 Å².